The minimum Gasteiger partial charge on any atom is -0.480 e. The first-order chi connectivity index (χ1) is 19.4. The molecule has 2 aromatic rings. The summed E-state index contributed by atoms with van der Waals surface area (Å²) in [6, 6.07) is 15.5. The second-order valence-electron chi connectivity index (χ2n) is 11.7. The van der Waals surface area contributed by atoms with E-state index in [0.717, 1.165) is 16.0 Å². The van der Waals surface area contributed by atoms with E-state index in [2.05, 4.69) is 10.6 Å². The van der Waals surface area contributed by atoms with E-state index < -0.39 is 53.3 Å². The quantitative estimate of drug-likeness (QED) is 0.398. The minimum atomic E-state index is -1.18. The largest absolute Gasteiger partial charge is 0.480 e. The van der Waals surface area contributed by atoms with E-state index in [1.54, 1.807) is 53.7 Å². The third-order valence-corrected chi connectivity index (χ3v) is 5.63. The van der Waals surface area contributed by atoms with Gasteiger partial charge < -0.3 is 30.9 Å². The molecule has 0 aromatic heterocycles. The molecule has 1 saturated heterocycles. The molecule has 0 unspecified atom stereocenters. The molecule has 0 aliphatic carbocycles. The second kappa shape index (κ2) is 14.3. The Bertz CT molecular complexity index is 1270. The maximum atomic E-state index is 12.2. The Balaban J connectivity index is 0.000000343. The average Bonchev–Trinajstić information content (AvgIpc) is 3.31. The maximum Gasteiger partial charge on any atom is 0.411 e. The molecule has 1 aliphatic heterocycles. The molecule has 42 heavy (non-hydrogen) atoms. The van der Waals surface area contributed by atoms with Crippen molar-refractivity contribution >= 4 is 30.0 Å². The Labute approximate surface area is 245 Å². The van der Waals surface area contributed by atoms with Gasteiger partial charge in [-0.1, -0.05) is 42.5 Å². The van der Waals surface area contributed by atoms with Gasteiger partial charge in [-0.3, -0.25) is 14.5 Å². The number of rotatable bonds is 6. The number of carbonyl (C=O) groups is 5. The number of alkyl carbamates (subject to hydrolysis) is 1. The molecule has 5 N–H and O–H groups in total. The molecule has 228 valence electrons. The Morgan fingerprint density at radius 1 is 0.905 bits per heavy atom. The van der Waals surface area contributed by atoms with Crippen molar-refractivity contribution in [2.24, 2.45) is 5.73 Å². The molecule has 0 bridgehead atoms. The zero-order valence-corrected chi connectivity index (χ0v) is 24.8. The third-order valence-electron chi connectivity index (χ3n) is 5.63. The smallest absolute Gasteiger partial charge is 0.411 e. The van der Waals surface area contributed by atoms with Crippen molar-refractivity contribution < 1.29 is 38.6 Å². The highest BCUT2D eigenvalue weighted by atomic mass is 16.6. The highest BCUT2D eigenvalue weighted by molar-refractivity contribution is 5.94. The number of hydrogen-bond donors (Lipinski definition) is 4. The van der Waals surface area contributed by atoms with Crippen LogP contribution in [-0.2, 0) is 19.1 Å². The zero-order valence-electron chi connectivity index (χ0n) is 24.8. The van der Waals surface area contributed by atoms with Gasteiger partial charge in [0.15, 0.2) is 0 Å². The van der Waals surface area contributed by atoms with Gasteiger partial charge in [-0.05, 0) is 64.8 Å². The summed E-state index contributed by atoms with van der Waals surface area (Å²) in [7, 11) is 0. The second-order valence-corrected chi connectivity index (χ2v) is 11.7. The van der Waals surface area contributed by atoms with Gasteiger partial charge in [0.25, 0.3) is 0 Å². The number of hydrogen-bond acceptors (Lipinski definition) is 7. The van der Waals surface area contributed by atoms with Crippen LogP contribution in [0.5, 0.6) is 0 Å². The van der Waals surface area contributed by atoms with Crippen molar-refractivity contribution in [3.05, 3.63) is 60.2 Å². The molecular formula is C30H40N4O8. The van der Waals surface area contributed by atoms with Crippen LogP contribution in [-0.4, -0.2) is 76.4 Å². The van der Waals surface area contributed by atoms with Crippen molar-refractivity contribution in [3.8, 4) is 11.1 Å². The Morgan fingerprint density at radius 3 is 2.05 bits per heavy atom. The van der Waals surface area contributed by atoms with Crippen LogP contribution in [0.1, 0.15) is 58.3 Å². The number of nitrogens with two attached hydrogens (primary N) is 1. The highest BCUT2D eigenvalue weighted by Crippen LogP contribution is 2.22. The number of ether oxygens (including phenoxy) is 2. The number of aliphatic carboxylic acids is 1. The molecule has 12 heteroatoms. The highest BCUT2D eigenvalue weighted by Gasteiger charge is 2.42. The minimum absolute atomic E-state index is 0.00403. The number of carbonyl (C=O) groups excluding carboxylic acids is 4. The lowest BCUT2D eigenvalue weighted by Gasteiger charge is -2.26. The van der Waals surface area contributed by atoms with E-state index in [1.165, 1.54) is 0 Å². The lowest BCUT2D eigenvalue weighted by atomic mass is 10.0. The van der Waals surface area contributed by atoms with Crippen molar-refractivity contribution in [3.63, 3.8) is 0 Å². The Kier molecular flexibility index (Phi) is 11.5. The first-order valence-electron chi connectivity index (χ1n) is 13.4. The fourth-order valence-electron chi connectivity index (χ4n) is 3.92. The molecule has 2 atom stereocenters. The lowest BCUT2D eigenvalue weighted by Crippen LogP contribution is -2.45. The normalized spacial score (nSPS) is 16.4. The number of carboxylic acids is 1. The molecule has 1 aliphatic rings. The van der Waals surface area contributed by atoms with Crippen LogP contribution in [0.4, 0.5) is 9.59 Å². The van der Waals surface area contributed by atoms with Gasteiger partial charge in [0.05, 0.1) is 0 Å². The number of benzene rings is 2. The summed E-state index contributed by atoms with van der Waals surface area (Å²) >= 11 is 0. The number of nitrogens with one attached hydrogen (secondary N) is 2. The van der Waals surface area contributed by atoms with E-state index in [1.807, 2.05) is 42.5 Å². The van der Waals surface area contributed by atoms with Gasteiger partial charge in [-0.15, -0.1) is 0 Å². The molecule has 0 radical (unpaired) electrons. The van der Waals surface area contributed by atoms with Crippen LogP contribution in [0, 0.1) is 0 Å². The molecule has 2 aromatic carbocycles. The number of likely N-dealkylation sites (tertiary alicyclic amines) is 1. The van der Waals surface area contributed by atoms with Crippen molar-refractivity contribution in [2.45, 2.75) is 71.2 Å². The predicted octanol–water partition coefficient (Wildman–Crippen LogP) is 3.54. The standard InChI is InChI=1S/C17H29N3O7.C13H11NO/c1-16(2,3)26-14(24)18-8-12(21)19-10-7-11(13(22)23)20(9-10)15(25)27-17(4,5)6;14-13(15)12-8-4-7-11(9-12)10-5-2-1-3-6-10/h10-11H,7-9H2,1-6H3,(H,18,24)(H,19,21)(H,22,23);1-9H,(H2,14,15)/t10-,11+;/m1./s1. The number of nitrogens with zero attached hydrogens (tertiary/aromatic N) is 1. The molecule has 12 nitrogen and oxygen atoms in total. The Morgan fingerprint density at radius 2 is 1.50 bits per heavy atom. The van der Waals surface area contributed by atoms with Gasteiger partial charge in [0.2, 0.25) is 11.8 Å². The van der Waals surface area contributed by atoms with Gasteiger partial charge in [-0.25, -0.2) is 14.4 Å². The van der Waals surface area contributed by atoms with Gasteiger partial charge in [0, 0.05) is 24.6 Å². The van der Waals surface area contributed by atoms with Crippen LogP contribution in [0.15, 0.2) is 54.6 Å². The van der Waals surface area contributed by atoms with Gasteiger partial charge in [0.1, 0.15) is 23.8 Å². The summed E-state index contributed by atoms with van der Waals surface area (Å²) in [5, 5.41) is 14.3. The van der Waals surface area contributed by atoms with Crippen molar-refractivity contribution in [2.75, 3.05) is 13.1 Å². The maximum absolute atomic E-state index is 12.2. The number of carboxylic acid groups (broad SMARTS) is 1. The summed E-state index contributed by atoms with van der Waals surface area (Å²) in [6.45, 7) is 9.81. The summed E-state index contributed by atoms with van der Waals surface area (Å²) in [4.78, 5) is 59.3. The molecule has 3 rings (SSSR count). The molecule has 1 fully saturated rings. The van der Waals surface area contributed by atoms with Crippen LogP contribution in [0.2, 0.25) is 0 Å². The number of amides is 4. The average molecular weight is 585 g/mol. The summed E-state index contributed by atoms with van der Waals surface area (Å²) in [6.07, 6.45) is -1.44. The van der Waals surface area contributed by atoms with Crippen molar-refractivity contribution in [1.29, 1.82) is 0 Å². The van der Waals surface area contributed by atoms with Gasteiger partial charge >= 0.3 is 18.2 Å². The van der Waals surface area contributed by atoms with E-state index in [4.69, 9.17) is 15.2 Å². The third kappa shape index (κ3) is 11.5. The molecular weight excluding hydrogens is 544 g/mol. The zero-order chi connectivity index (χ0) is 31.7. The molecule has 0 saturated carbocycles. The summed E-state index contributed by atoms with van der Waals surface area (Å²) in [5.41, 5.74) is 6.40. The van der Waals surface area contributed by atoms with E-state index >= 15 is 0 Å². The molecule has 1 heterocycles. The summed E-state index contributed by atoms with van der Waals surface area (Å²) in [5.74, 6) is -2.08. The Hall–Kier alpha value is -4.61. The lowest BCUT2D eigenvalue weighted by molar-refractivity contribution is -0.142. The summed E-state index contributed by atoms with van der Waals surface area (Å²) < 4.78 is 10.2. The first kappa shape index (κ1) is 33.6. The monoisotopic (exact) mass is 584 g/mol. The SMILES string of the molecule is CC(C)(C)OC(=O)NCC(=O)N[C@@H]1C[C@@H](C(=O)O)N(C(=O)OC(C)(C)C)C1.NC(=O)c1cccc(-c2ccccc2)c1. The van der Waals surface area contributed by atoms with E-state index in [0.29, 0.717) is 5.56 Å². The molecule has 4 amide bonds. The van der Waals surface area contributed by atoms with Crippen LogP contribution >= 0.6 is 0 Å². The number of primary amides is 1. The van der Waals surface area contributed by atoms with Crippen LogP contribution < -0.4 is 16.4 Å². The fraction of sp³-hybridized carbons (Fsp3) is 0.433. The molecule has 0 spiro atoms. The van der Waals surface area contributed by atoms with E-state index in [-0.39, 0.29) is 19.5 Å². The predicted molar refractivity (Wildman–Crippen MR) is 156 cm³/mol. The van der Waals surface area contributed by atoms with Crippen LogP contribution in [0.3, 0.4) is 0 Å². The van der Waals surface area contributed by atoms with Crippen LogP contribution in [0.25, 0.3) is 11.1 Å². The fourth-order valence-corrected chi connectivity index (χ4v) is 3.92. The van der Waals surface area contributed by atoms with Gasteiger partial charge in [-0.2, -0.15) is 0 Å². The first-order valence-corrected chi connectivity index (χ1v) is 13.4. The van der Waals surface area contributed by atoms with E-state index in [9.17, 15) is 29.1 Å². The topological polar surface area (TPSA) is 177 Å². The van der Waals surface area contributed by atoms with Crippen molar-refractivity contribution in [1.82, 2.24) is 15.5 Å².